The van der Waals surface area contributed by atoms with Gasteiger partial charge in [0.15, 0.2) is 0 Å². The Morgan fingerprint density at radius 3 is 2.03 bits per heavy atom. The summed E-state index contributed by atoms with van der Waals surface area (Å²) in [5, 5.41) is 3.87. The molecule has 1 saturated heterocycles. The Morgan fingerprint density at radius 1 is 0.875 bits per heavy atom. The third kappa shape index (κ3) is 5.80. The van der Waals surface area contributed by atoms with E-state index in [9.17, 15) is 34.8 Å². The molecule has 0 amide bonds. The SMILES string of the molecule is O=S(=O)(c1cccc(C(F)(F)F)c1)N1CCC(=NOCc2cccc(C(F)(F)F)c2)CC1. The molecule has 3 rings (SSSR count). The second kappa shape index (κ2) is 9.10. The molecule has 2 aromatic carbocycles. The van der Waals surface area contributed by atoms with Gasteiger partial charge < -0.3 is 4.84 Å². The highest BCUT2D eigenvalue weighted by Crippen LogP contribution is 2.32. The van der Waals surface area contributed by atoms with Gasteiger partial charge in [-0.2, -0.15) is 30.6 Å². The lowest BCUT2D eigenvalue weighted by molar-refractivity contribution is -0.138. The van der Waals surface area contributed by atoms with Gasteiger partial charge in [-0.25, -0.2) is 8.42 Å². The third-order valence-electron chi connectivity index (χ3n) is 4.78. The first-order valence-corrected chi connectivity index (χ1v) is 10.8. The van der Waals surface area contributed by atoms with E-state index >= 15 is 0 Å². The topological polar surface area (TPSA) is 59.0 Å². The quantitative estimate of drug-likeness (QED) is 0.443. The normalized spacial score (nSPS) is 16.1. The predicted octanol–water partition coefficient (Wildman–Crippen LogP) is 5.08. The molecule has 174 valence electrons. The number of sulfonamides is 1. The fourth-order valence-corrected chi connectivity index (χ4v) is 4.58. The van der Waals surface area contributed by atoms with E-state index in [0.717, 1.165) is 34.6 Å². The number of piperidine rings is 1. The molecule has 0 saturated carbocycles. The molecule has 1 fully saturated rings. The van der Waals surface area contributed by atoms with E-state index in [4.69, 9.17) is 4.84 Å². The molecule has 0 unspecified atom stereocenters. The van der Waals surface area contributed by atoms with Crippen LogP contribution in [-0.4, -0.2) is 31.5 Å². The molecule has 1 aliphatic heterocycles. The molecular weight excluding hydrogens is 462 g/mol. The molecule has 2 aromatic rings. The van der Waals surface area contributed by atoms with Crippen molar-refractivity contribution < 1.29 is 39.6 Å². The molecule has 0 N–H and O–H groups in total. The van der Waals surface area contributed by atoms with Crippen LogP contribution in [0.2, 0.25) is 0 Å². The first-order chi connectivity index (χ1) is 14.9. The van der Waals surface area contributed by atoms with Crippen molar-refractivity contribution in [1.29, 1.82) is 0 Å². The summed E-state index contributed by atoms with van der Waals surface area (Å²) < 4.78 is 103. The molecule has 0 spiro atoms. The second-order valence-corrected chi connectivity index (χ2v) is 9.00. The number of hydrogen-bond acceptors (Lipinski definition) is 4. The lowest BCUT2D eigenvalue weighted by Gasteiger charge is -2.27. The van der Waals surface area contributed by atoms with E-state index in [0.29, 0.717) is 11.8 Å². The van der Waals surface area contributed by atoms with Crippen LogP contribution in [0.5, 0.6) is 0 Å². The number of alkyl halides is 6. The van der Waals surface area contributed by atoms with Crippen LogP contribution in [0.15, 0.2) is 58.6 Å². The van der Waals surface area contributed by atoms with Crippen molar-refractivity contribution in [2.75, 3.05) is 13.1 Å². The Balaban J connectivity index is 1.60. The van der Waals surface area contributed by atoms with E-state index in [1.54, 1.807) is 0 Å². The van der Waals surface area contributed by atoms with Gasteiger partial charge in [0.1, 0.15) is 6.61 Å². The summed E-state index contributed by atoms with van der Waals surface area (Å²) in [6, 6.07) is 8.13. The number of rotatable bonds is 5. The van der Waals surface area contributed by atoms with Gasteiger partial charge in [0.2, 0.25) is 10.0 Å². The van der Waals surface area contributed by atoms with Crippen LogP contribution < -0.4 is 0 Å². The number of hydrogen-bond donors (Lipinski definition) is 0. The van der Waals surface area contributed by atoms with E-state index in [1.165, 1.54) is 12.1 Å². The average molecular weight is 480 g/mol. The van der Waals surface area contributed by atoms with Gasteiger partial charge in [0.05, 0.1) is 21.7 Å². The molecule has 0 aliphatic carbocycles. The molecule has 0 atom stereocenters. The summed E-state index contributed by atoms with van der Waals surface area (Å²) in [4.78, 5) is 4.66. The summed E-state index contributed by atoms with van der Waals surface area (Å²) in [5.74, 6) is 0. The number of oxime groups is 1. The van der Waals surface area contributed by atoms with Crippen LogP contribution >= 0.6 is 0 Å². The maximum atomic E-state index is 12.9. The fourth-order valence-electron chi connectivity index (χ4n) is 3.09. The first kappa shape index (κ1) is 24.1. The van der Waals surface area contributed by atoms with Gasteiger partial charge >= 0.3 is 12.4 Å². The molecule has 0 bridgehead atoms. The van der Waals surface area contributed by atoms with Crippen LogP contribution in [0, 0.1) is 0 Å². The van der Waals surface area contributed by atoms with Crippen molar-refractivity contribution in [3.05, 3.63) is 65.2 Å². The van der Waals surface area contributed by atoms with Gasteiger partial charge in [-0.3, -0.25) is 0 Å². The second-order valence-electron chi connectivity index (χ2n) is 7.06. The molecule has 0 radical (unpaired) electrons. The van der Waals surface area contributed by atoms with Gasteiger partial charge in [0, 0.05) is 25.9 Å². The minimum atomic E-state index is -4.66. The van der Waals surface area contributed by atoms with E-state index < -0.39 is 38.4 Å². The molecule has 1 heterocycles. The van der Waals surface area contributed by atoms with Crippen molar-refractivity contribution >= 4 is 15.7 Å². The van der Waals surface area contributed by atoms with Crippen molar-refractivity contribution in [2.24, 2.45) is 5.16 Å². The maximum absolute atomic E-state index is 12.9. The van der Waals surface area contributed by atoms with Crippen LogP contribution in [0.1, 0.15) is 29.5 Å². The van der Waals surface area contributed by atoms with Crippen molar-refractivity contribution in [3.63, 3.8) is 0 Å². The fraction of sp³-hybridized carbons (Fsp3) is 0.350. The van der Waals surface area contributed by atoms with Crippen molar-refractivity contribution in [3.8, 4) is 0 Å². The van der Waals surface area contributed by atoms with Crippen LogP contribution in [0.4, 0.5) is 26.3 Å². The predicted molar refractivity (Wildman–Crippen MR) is 103 cm³/mol. The molecular formula is C20H18F6N2O3S. The van der Waals surface area contributed by atoms with Gasteiger partial charge in [0.25, 0.3) is 0 Å². The number of benzene rings is 2. The summed E-state index contributed by atoms with van der Waals surface area (Å²) in [7, 11) is -4.12. The molecule has 32 heavy (non-hydrogen) atoms. The standard InChI is InChI=1S/C20H18F6N2O3S/c21-19(22,23)15-4-1-3-14(11-15)13-31-27-17-7-9-28(10-8-17)32(29,30)18-6-2-5-16(12-18)20(24,25)26/h1-6,11-12H,7-10,13H2. The summed E-state index contributed by atoms with van der Waals surface area (Å²) in [6.45, 7) is -0.214. The number of nitrogens with zero attached hydrogens (tertiary/aromatic N) is 2. The van der Waals surface area contributed by atoms with E-state index in [2.05, 4.69) is 5.16 Å². The largest absolute Gasteiger partial charge is 0.416 e. The van der Waals surface area contributed by atoms with Gasteiger partial charge in [-0.05, 0) is 35.9 Å². The number of halogens is 6. The van der Waals surface area contributed by atoms with Crippen LogP contribution in [-0.2, 0) is 33.8 Å². The smallest absolute Gasteiger partial charge is 0.391 e. The molecule has 1 aliphatic rings. The molecule has 5 nitrogen and oxygen atoms in total. The first-order valence-electron chi connectivity index (χ1n) is 9.38. The Morgan fingerprint density at radius 2 is 1.44 bits per heavy atom. The highest BCUT2D eigenvalue weighted by Gasteiger charge is 2.34. The maximum Gasteiger partial charge on any atom is 0.416 e. The Kier molecular flexibility index (Phi) is 6.84. The van der Waals surface area contributed by atoms with Crippen molar-refractivity contribution in [1.82, 2.24) is 4.31 Å². The minimum Gasteiger partial charge on any atom is -0.391 e. The summed E-state index contributed by atoms with van der Waals surface area (Å²) >= 11 is 0. The van der Waals surface area contributed by atoms with Crippen LogP contribution in [0.3, 0.4) is 0 Å². The molecule has 0 aromatic heterocycles. The zero-order valence-corrected chi connectivity index (χ0v) is 17.3. The average Bonchev–Trinajstić information content (AvgIpc) is 2.73. The van der Waals surface area contributed by atoms with Crippen LogP contribution in [0.25, 0.3) is 0 Å². The van der Waals surface area contributed by atoms with E-state index in [-0.39, 0.29) is 38.1 Å². The minimum absolute atomic E-state index is 0.00959. The third-order valence-corrected chi connectivity index (χ3v) is 6.67. The van der Waals surface area contributed by atoms with Crippen molar-refractivity contribution in [2.45, 2.75) is 36.7 Å². The Bertz CT molecular complexity index is 1090. The molecule has 12 heteroatoms. The summed E-state index contributed by atoms with van der Waals surface area (Å²) in [5.41, 5.74) is -1.08. The zero-order valence-electron chi connectivity index (χ0n) is 16.4. The Hall–Kier alpha value is -2.60. The highest BCUT2D eigenvalue weighted by atomic mass is 32.2. The monoisotopic (exact) mass is 480 g/mol. The van der Waals surface area contributed by atoms with E-state index in [1.807, 2.05) is 0 Å². The zero-order chi connectivity index (χ0) is 23.6. The van der Waals surface area contributed by atoms with Gasteiger partial charge in [-0.1, -0.05) is 23.4 Å². The Labute approximate surface area is 180 Å². The summed E-state index contributed by atoms with van der Waals surface area (Å²) in [6.07, 6.45) is -8.77. The lowest BCUT2D eigenvalue weighted by Crippen LogP contribution is -2.38. The van der Waals surface area contributed by atoms with Gasteiger partial charge in [-0.15, -0.1) is 0 Å². The highest BCUT2D eigenvalue weighted by molar-refractivity contribution is 7.89. The lowest BCUT2D eigenvalue weighted by atomic mass is 10.1.